The lowest BCUT2D eigenvalue weighted by molar-refractivity contribution is -0.124. The molecule has 0 radical (unpaired) electrons. The standard InChI is InChI=1S/C21H23NO2/c1-15(21(23)22-14-13-17-8-3-5-11-19(17)22)24-20-12-6-9-16-7-2-4-10-18(16)20/h3,5-6,8-9,11-12,15H,2,4,7,10,13-14H2,1H3/t15-/m0/s1. The third kappa shape index (κ3) is 2.68. The van der Waals surface area contributed by atoms with Crippen molar-refractivity contribution in [3.05, 3.63) is 59.2 Å². The summed E-state index contributed by atoms with van der Waals surface area (Å²) in [5.41, 5.74) is 4.96. The van der Waals surface area contributed by atoms with E-state index >= 15 is 0 Å². The molecule has 0 bridgehead atoms. The second-order valence-electron chi connectivity index (χ2n) is 6.73. The minimum absolute atomic E-state index is 0.0494. The molecule has 1 atom stereocenters. The first-order valence-electron chi connectivity index (χ1n) is 8.91. The third-order valence-corrected chi connectivity index (χ3v) is 5.16. The number of carbonyl (C=O) groups excluding carboxylic acids is 1. The lowest BCUT2D eigenvalue weighted by Gasteiger charge is -2.25. The van der Waals surface area contributed by atoms with Gasteiger partial charge in [-0.15, -0.1) is 0 Å². The molecule has 0 aromatic heterocycles. The highest BCUT2D eigenvalue weighted by Gasteiger charge is 2.29. The predicted octanol–water partition coefficient (Wildman–Crippen LogP) is 3.92. The number of benzene rings is 2. The number of carbonyl (C=O) groups is 1. The van der Waals surface area contributed by atoms with Crippen molar-refractivity contribution in [1.82, 2.24) is 0 Å². The van der Waals surface area contributed by atoms with Gasteiger partial charge in [0.1, 0.15) is 5.75 Å². The monoisotopic (exact) mass is 321 g/mol. The average Bonchev–Trinajstić information content (AvgIpc) is 3.05. The molecule has 1 heterocycles. The van der Waals surface area contributed by atoms with Crippen LogP contribution in [0.5, 0.6) is 5.75 Å². The van der Waals surface area contributed by atoms with E-state index in [4.69, 9.17) is 4.74 Å². The number of para-hydroxylation sites is 1. The fourth-order valence-electron chi connectivity index (χ4n) is 3.88. The highest BCUT2D eigenvalue weighted by Crippen LogP contribution is 2.32. The zero-order valence-electron chi connectivity index (χ0n) is 14.1. The molecule has 0 saturated heterocycles. The van der Waals surface area contributed by atoms with Crippen molar-refractivity contribution in [3.8, 4) is 5.75 Å². The highest BCUT2D eigenvalue weighted by atomic mass is 16.5. The fraction of sp³-hybridized carbons (Fsp3) is 0.381. The summed E-state index contributed by atoms with van der Waals surface area (Å²) in [6.07, 6.45) is 5.08. The molecule has 0 unspecified atom stereocenters. The van der Waals surface area contributed by atoms with Crippen LogP contribution in [-0.4, -0.2) is 18.6 Å². The SMILES string of the molecule is C[C@H](Oc1cccc2c1CCCC2)C(=O)N1CCc2ccccc21. The van der Waals surface area contributed by atoms with Gasteiger partial charge in [0, 0.05) is 12.2 Å². The minimum atomic E-state index is -0.468. The number of aryl methyl sites for hydroxylation is 1. The Balaban J connectivity index is 1.53. The lowest BCUT2D eigenvalue weighted by Crippen LogP contribution is -2.39. The van der Waals surface area contributed by atoms with Crippen molar-refractivity contribution in [2.45, 2.75) is 45.1 Å². The lowest BCUT2D eigenvalue weighted by atomic mass is 9.91. The quantitative estimate of drug-likeness (QED) is 0.857. The first-order chi connectivity index (χ1) is 11.7. The van der Waals surface area contributed by atoms with E-state index < -0.39 is 6.10 Å². The van der Waals surface area contributed by atoms with E-state index in [0.717, 1.165) is 37.2 Å². The van der Waals surface area contributed by atoms with Crippen LogP contribution >= 0.6 is 0 Å². The second kappa shape index (κ2) is 6.31. The van der Waals surface area contributed by atoms with Gasteiger partial charge in [-0.2, -0.15) is 0 Å². The Morgan fingerprint density at radius 1 is 1.00 bits per heavy atom. The summed E-state index contributed by atoms with van der Waals surface area (Å²) in [5, 5.41) is 0. The van der Waals surface area contributed by atoms with Crippen LogP contribution in [0.15, 0.2) is 42.5 Å². The van der Waals surface area contributed by atoms with Gasteiger partial charge in [0.15, 0.2) is 6.10 Å². The maximum absolute atomic E-state index is 12.9. The van der Waals surface area contributed by atoms with Crippen molar-refractivity contribution in [3.63, 3.8) is 0 Å². The molecule has 2 aliphatic rings. The number of hydrogen-bond acceptors (Lipinski definition) is 2. The third-order valence-electron chi connectivity index (χ3n) is 5.16. The maximum atomic E-state index is 12.9. The van der Waals surface area contributed by atoms with E-state index in [1.54, 1.807) is 0 Å². The van der Waals surface area contributed by atoms with Crippen LogP contribution in [0.1, 0.15) is 36.5 Å². The molecule has 3 heteroatoms. The molecule has 0 fully saturated rings. The maximum Gasteiger partial charge on any atom is 0.267 e. The Labute approximate surface area is 143 Å². The molecule has 124 valence electrons. The molecular formula is C21H23NO2. The molecule has 4 rings (SSSR count). The van der Waals surface area contributed by atoms with Gasteiger partial charge in [0.05, 0.1) is 0 Å². The molecule has 1 aliphatic heterocycles. The van der Waals surface area contributed by atoms with Gasteiger partial charge in [0.2, 0.25) is 0 Å². The van der Waals surface area contributed by atoms with Crippen LogP contribution in [0.25, 0.3) is 0 Å². The van der Waals surface area contributed by atoms with Crippen molar-refractivity contribution < 1.29 is 9.53 Å². The van der Waals surface area contributed by atoms with Gasteiger partial charge in [-0.1, -0.05) is 30.3 Å². The first-order valence-corrected chi connectivity index (χ1v) is 8.91. The van der Waals surface area contributed by atoms with E-state index in [0.29, 0.717) is 0 Å². The largest absolute Gasteiger partial charge is 0.481 e. The molecule has 0 saturated carbocycles. The van der Waals surface area contributed by atoms with Crippen molar-refractivity contribution >= 4 is 11.6 Å². The van der Waals surface area contributed by atoms with E-state index in [1.807, 2.05) is 42.2 Å². The topological polar surface area (TPSA) is 29.5 Å². The fourth-order valence-corrected chi connectivity index (χ4v) is 3.88. The van der Waals surface area contributed by atoms with Crippen LogP contribution in [-0.2, 0) is 24.1 Å². The predicted molar refractivity (Wildman–Crippen MR) is 95.7 cm³/mol. The Morgan fingerprint density at radius 3 is 2.71 bits per heavy atom. The summed E-state index contributed by atoms with van der Waals surface area (Å²) in [6, 6.07) is 14.4. The smallest absolute Gasteiger partial charge is 0.267 e. The first kappa shape index (κ1) is 15.3. The molecule has 24 heavy (non-hydrogen) atoms. The van der Waals surface area contributed by atoms with Crippen molar-refractivity contribution in [2.24, 2.45) is 0 Å². The summed E-state index contributed by atoms with van der Waals surface area (Å²) in [4.78, 5) is 14.8. The molecule has 1 aliphatic carbocycles. The van der Waals surface area contributed by atoms with Gasteiger partial charge in [-0.25, -0.2) is 0 Å². The summed E-state index contributed by atoms with van der Waals surface area (Å²) < 4.78 is 6.11. The molecule has 2 aromatic rings. The molecule has 3 nitrogen and oxygen atoms in total. The van der Waals surface area contributed by atoms with Gasteiger partial charge in [-0.3, -0.25) is 4.79 Å². The number of nitrogens with zero attached hydrogens (tertiary/aromatic N) is 1. The summed E-state index contributed by atoms with van der Waals surface area (Å²) in [6.45, 7) is 2.62. The Hall–Kier alpha value is -2.29. The normalized spacial score (nSPS) is 17.1. The van der Waals surface area contributed by atoms with Crippen molar-refractivity contribution in [1.29, 1.82) is 0 Å². The van der Waals surface area contributed by atoms with Gasteiger partial charge in [-0.05, 0) is 67.9 Å². The molecule has 0 N–H and O–H groups in total. The summed E-state index contributed by atoms with van der Waals surface area (Å²) >= 11 is 0. The molecule has 1 amide bonds. The van der Waals surface area contributed by atoms with E-state index in [2.05, 4.69) is 12.1 Å². The zero-order valence-corrected chi connectivity index (χ0v) is 14.1. The molecular weight excluding hydrogens is 298 g/mol. The Morgan fingerprint density at radius 2 is 1.79 bits per heavy atom. The van der Waals surface area contributed by atoms with E-state index in [1.165, 1.54) is 29.5 Å². The summed E-state index contributed by atoms with van der Waals surface area (Å²) in [5.74, 6) is 0.939. The summed E-state index contributed by atoms with van der Waals surface area (Å²) in [7, 11) is 0. The van der Waals surface area contributed by atoms with E-state index in [-0.39, 0.29) is 5.91 Å². The highest BCUT2D eigenvalue weighted by molar-refractivity contribution is 5.98. The van der Waals surface area contributed by atoms with Gasteiger partial charge >= 0.3 is 0 Å². The Kier molecular flexibility index (Phi) is 4.01. The number of amides is 1. The van der Waals surface area contributed by atoms with Crippen LogP contribution < -0.4 is 9.64 Å². The van der Waals surface area contributed by atoms with Crippen molar-refractivity contribution in [2.75, 3.05) is 11.4 Å². The van der Waals surface area contributed by atoms with Crippen LogP contribution in [0.4, 0.5) is 5.69 Å². The minimum Gasteiger partial charge on any atom is -0.481 e. The number of ether oxygens (including phenoxy) is 1. The number of anilines is 1. The van der Waals surface area contributed by atoms with E-state index in [9.17, 15) is 4.79 Å². The number of hydrogen-bond donors (Lipinski definition) is 0. The van der Waals surface area contributed by atoms with Gasteiger partial charge in [0.25, 0.3) is 5.91 Å². The average molecular weight is 321 g/mol. The molecule has 0 spiro atoms. The second-order valence-corrected chi connectivity index (χ2v) is 6.73. The number of fused-ring (bicyclic) bond motifs is 2. The van der Waals surface area contributed by atoms with Crippen LogP contribution in [0.3, 0.4) is 0 Å². The van der Waals surface area contributed by atoms with Crippen LogP contribution in [0.2, 0.25) is 0 Å². The zero-order chi connectivity index (χ0) is 16.5. The Bertz CT molecular complexity index is 768. The molecule has 2 aromatic carbocycles. The van der Waals surface area contributed by atoms with Crippen LogP contribution in [0, 0.1) is 0 Å². The van der Waals surface area contributed by atoms with Gasteiger partial charge < -0.3 is 9.64 Å². The number of rotatable bonds is 3.